The quantitative estimate of drug-likeness (QED) is 0.507. The number of tetrazole rings is 1. The molecular weight excluding hydrogens is 374 g/mol. The fourth-order valence-corrected chi connectivity index (χ4v) is 3.40. The molecule has 144 valence electrons. The molecule has 1 atom stereocenters. The van der Waals surface area contributed by atoms with Crippen LogP contribution in [0.4, 0.5) is 5.69 Å². The SMILES string of the molecule is CC(=O)c1ccc(NC(=O)[C@@H](C)Sc2nnnn2-c2cc(C)ccc2C)cc1. The Labute approximate surface area is 167 Å². The van der Waals surface area contributed by atoms with Gasteiger partial charge in [-0.25, -0.2) is 0 Å². The van der Waals surface area contributed by atoms with E-state index in [2.05, 4.69) is 20.8 Å². The third kappa shape index (κ3) is 4.45. The van der Waals surface area contributed by atoms with Gasteiger partial charge in [0.15, 0.2) is 5.78 Å². The minimum Gasteiger partial charge on any atom is -0.325 e. The molecule has 0 aliphatic heterocycles. The van der Waals surface area contributed by atoms with Crippen molar-refractivity contribution in [3.05, 3.63) is 59.2 Å². The lowest BCUT2D eigenvalue weighted by Crippen LogP contribution is -2.23. The lowest BCUT2D eigenvalue weighted by Gasteiger charge is -2.13. The number of nitrogens with zero attached hydrogens (tertiary/aromatic N) is 4. The molecule has 3 aromatic rings. The molecule has 0 radical (unpaired) electrons. The van der Waals surface area contributed by atoms with Crippen LogP contribution in [0.15, 0.2) is 47.6 Å². The smallest absolute Gasteiger partial charge is 0.237 e. The molecule has 0 spiro atoms. The first-order valence-corrected chi connectivity index (χ1v) is 9.67. The Bertz CT molecular complexity index is 1010. The van der Waals surface area contributed by atoms with Crippen LogP contribution in [0.3, 0.4) is 0 Å². The van der Waals surface area contributed by atoms with E-state index in [1.807, 2.05) is 32.0 Å². The number of aryl methyl sites for hydroxylation is 2. The highest BCUT2D eigenvalue weighted by atomic mass is 32.2. The van der Waals surface area contributed by atoms with E-state index >= 15 is 0 Å². The predicted octanol–water partition coefficient (Wildman–Crippen LogP) is 3.60. The number of hydrogen-bond donors (Lipinski definition) is 1. The average molecular weight is 395 g/mol. The summed E-state index contributed by atoms with van der Waals surface area (Å²) in [5.41, 5.74) is 4.28. The summed E-state index contributed by atoms with van der Waals surface area (Å²) in [5.74, 6) is -0.184. The van der Waals surface area contributed by atoms with Gasteiger partial charge in [-0.3, -0.25) is 9.59 Å². The molecule has 0 bridgehead atoms. The molecular formula is C20H21N5O2S. The highest BCUT2D eigenvalue weighted by Crippen LogP contribution is 2.25. The van der Waals surface area contributed by atoms with Gasteiger partial charge in [0.25, 0.3) is 0 Å². The molecule has 0 aliphatic rings. The number of benzene rings is 2. The summed E-state index contributed by atoms with van der Waals surface area (Å²) < 4.78 is 1.65. The van der Waals surface area contributed by atoms with Gasteiger partial charge in [-0.15, -0.1) is 5.10 Å². The second-order valence-corrected chi connectivity index (χ2v) is 7.85. The lowest BCUT2D eigenvalue weighted by molar-refractivity contribution is -0.115. The van der Waals surface area contributed by atoms with E-state index in [1.165, 1.54) is 18.7 Å². The van der Waals surface area contributed by atoms with Gasteiger partial charge in [-0.1, -0.05) is 23.9 Å². The minimum absolute atomic E-state index is 0.0138. The zero-order valence-electron chi connectivity index (χ0n) is 16.1. The van der Waals surface area contributed by atoms with Crippen molar-refractivity contribution >= 4 is 29.1 Å². The molecule has 0 aliphatic carbocycles. The van der Waals surface area contributed by atoms with E-state index in [4.69, 9.17) is 0 Å². The van der Waals surface area contributed by atoms with Gasteiger partial charge in [-0.2, -0.15) is 4.68 Å². The van der Waals surface area contributed by atoms with Crippen molar-refractivity contribution in [2.75, 3.05) is 5.32 Å². The van der Waals surface area contributed by atoms with Crippen LogP contribution in [-0.2, 0) is 4.79 Å². The molecule has 1 aromatic heterocycles. The maximum Gasteiger partial charge on any atom is 0.237 e. The topological polar surface area (TPSA) is 89.8 Å². The van der Waals surface area contributed by atoms with Crippen LogP contribution in [0, 0.1) is 13.8 Å². The van der Waals surface area contributed by atoms with Crippen molar-refractivity contribution in [3.8, 4) is 5.69 Å². The molecule has 8 heteroatoms. The van der Waals surface area contributed by atoms with Crippen molar-refractivity contribution in [2.45, 2.75) is 38.1 Å². The number of carbonyl (C=O) groups is 2. The van der Waals surface area contributed by atoms with Gasteiger partial charge < -0.3 is 5.32 Å². The number of amides is 1. The second kappa shape index (κ2) is 8.35. The normalized spacial score (nSPS) is 11.9. The summed E-state index contributed by atoms with van der Waals surface area (Å²) in [6, 6.07) is 12.9. The largest absolute Gasteiger partial charge is 0.325 e. The molecule has 1 heterocycles. The van der Waals surface area contributed by atoms with Gasteiger partial charge in [0.05, 0.1) is 10.9 Å². The Kier molecular flexibility index (Phi) is 5.89. The summed E-state index contributed by atoms with van der Waals surface area (Å²) in [4.78, 5) is 23.9. The molecule has 3 rings (SSSR count). The predicted molar refractivity (Wildman–Crippen MR) is 109 cm³/mol. The van der Waals surface area contributed by atoms with Gasteiger partial charge in [0, 0.05) is 11.3 Å². The highest BCUT2D eigenvalue weighted by molar-refractivity contribution is 8.00. The molecule has 2 aromatic carbocycles. The Morgan fingerprint density at radius 2 is 1.82 bits per heavy atom. The van der Waals surface area contributed by atoms with Crippen molar-refractivity contribution < 1.29 is 9.59 Å². The van der Waals surface area contributed by atoms with Crippen LogP contribution in [0.1, 0.15) is 35.3 Å². The molecule has 0 saturated carbocycles. The van der Waals surface area contributed by atoms with Crippen LogP contribution in [0.5, 0.6) is 0 Å². The highest BCUT2D eigenvalue weighted by Gasteiger charge is 2.20. The van der Waals surface area contributed by atoms with Crippen molar-refractivity contribution in [2.24, 2.45) is 0 Å². The number of aromatic nitrogens is 4. The number of carbonyl (C=O) groups excluding carboxylic acids is 2. The Balaban J connectivity index is 1.72. The molecule has 1 N–H and O–H groups in total. The molecule has 0 fully saturated rings. The molecule has 28 heavy (non-hydrogen) atoms. The molecule has 7 nitrogen and oxygen atoms in total. The lowest BCUT2D eigenvalue weighted by atomic mass is 10.1. The first kappa shape index (κ1) is 19.8. The number of Topliss-reactive ketones (excluding diaryl/α,β-unsaturated/α-hetero) is 1. The number of ketones is 1. The van der Waals surface area contributed by atoms with Crippen molar-refractivity contribution in [1.82, 2.24) is 20.2 Å². The molecule has 1 amide bonds. The van der Waals surface area contributed by atoms with Crippen LogP contribution in [0.25, 0.3) is 5.69 Å². The minimum atomic E-state index is -0.414. The molecule has 0 saturated heterocycles. The summed E-state index contributed by atoms with van der Waals surface area (Å²) in [7, 11) is 0. The summed E-state index contributed by atoms with van der Waals surface area (Å²) in [6.45, 7) is 7.30. The fraction of sp³-hybridized carbons (Fsp3) is 0.250. The van der Waals surface area contributed by atoms with E-state index in [1.54, 1.807) is 35.9 Å². The summed E-state index contributed by atoms with van der Waals surface area (Å²) in [6.07, 6.45) is 0. The molecule has 0 unspecified atom stereocenters. The maximum absolute atomic E-state index is 12.5. The standard InChI is InChI=1S/C20H21N5O2S/c1-12-5-6-13(2)18(11-12)25-20(22-23-24-25)28-15(4)19(27)21-17-9-7-16(8-10-17)14(3)26/h5-11,15H,1-4H3,(H,21,27)/t15-/m1/s1. The van der Waals surface area contributed by atoms with Gasteiger partial charge in [0.1, 0.15) is 0 Å². The van der Waals surface area contributed by atoms with E-state index in [9.17, 15) is 9.59 Å². The third-order valence-electron chi connectivity index (χ3n) is 4.24. The van der Waals surface area contributed by atoms with Crippen molar-refractivity contribution in [1.29, 1.82) is 0 Å². The van der Waals surface area contributed by atoms with E-state index in [-0.39, 0.29) is 11.7 Å². The third-order valence-corrected chi connectivity index (χ3v) is 5.28. The number of anilines is 1. The van der Waals surface area contributed by atoms with Gasteiger partial charge in [-0.05, 0) is 79.6 Å². The Morgan fingerprint density at radius 3 is 2.50 bits per heavy atom. The van der Waals surface area contributed by atoms with Crippen LogP contribution >= 0.6 is 11.8 Å². The maximum atomic E-state index is 12.5. The van der Waals surface area contributed by atoms with E-state index < -0.39 is 5.25 Å². The summed E-state index contributed by atoms with van der Waals surface area (Å²) in [5, 5.41) is 14.9. The van der Waals surface area contributed by atoms with Gasteiger partial charge in [0.2, 0.25) is 11.1 Å². The van der Waals surface area contributed by atoms with Crippen LogP contribution in [-0.4, -0.2) is 37.1 Å². The fourth-order valence-electron chi connectivity index (χ4n) is 2.59. The number of thioether (sulfide) groups is 1. The van der Waals surface area contributed by atoms with Gasteiger partial charge >= 0.3 is 0 Å². The average Bonchev–Trinajstić information content (AvgIpc) is 3.12. The number of nitrogens with one attached hydrogen (secondary N) is 1. The first-order valence-electron chi connectivity index (χ1n) is 8.79. The summed E-state index contributed by atoms with van der Waals surface area (Å²) >= 11 is 1.28. The monoisotopic (exact) mass is 395 g/mol. The zero-order chi connectivity index (χ0) is 20.3. The van der Waals surface area contributed by atoms with Crippen molar-refractivity contribution in [3.63, 3.8) is 0 Å². The number of hydrogen-bond acceptors (Lipinski definition) is 6. The second-order valence-electron chi connectivity index (χ2n) is 6.55. The number of rotatable bonds is 6. The van der Waals surface area contributed by atoms with E-state index in [0.717, 1.165) is 16.8 Å². The zero-order valence-corrected chi connectivity index (χ0v) is 16.9. The van der Waals surface area contributed by atoms with Crippen LogP contribution < -0.4 is 5.32 Å². The van der Waals surface area contributed by atoms with E-state index in [0.29, 0.717) is 16.4 Å². The Hall–Kier alpha value is -3.00. The Morgan fingerprint density at radius 1 is 1.11 bits per heavy atom. The first-order chi connectivity index (χ1) is 13.3. The van der Waals surface area contributed by atoms with Crippen LogP contribution in [0.2, 0.25) is 0 Å².